The molecule has 2 heterocycles. The Kier molecular flexibility index (Phi) is 5.76. The second kappa shape index (κ2) is 8.24. The molecule has 1 aromatic carbocycles. The van der Waals surface area contributed by atoms with Crippen LogP contribution in [0.4, 0.5) is 23.4 Å². The normalized spacial score (nSPS) is 11.4. The predicted molar refractivity (Wildman–Crippen MR) is 93.3 cm³/mol. The summed E-state index contributed by atoms with van der Waals surface area (Å²) in [6.07, 6.45) is -4.37. The summed E-state index contributed by atoms with van der Waals surface area (Å²) in [6, 6.07) is 9.99. The molecule has 28 heavy (non-hydrogen) atoms. The number of benzene rings is 1. The van der Waals surface area contributed by atoms with E-state index in [1.807, 2.05) is 31.2 Å². The van der Waals surface area contributed by atoms with Gasteiger partial charge in [-0.05, 0) is 18.6 Å². The van der Waals surface area contributed by atoms with E-state index in [4.69, 9.17) is 0 Å². The van der Waals surface area contributed by atoms with Crippen LogP contribution in [-0.4, -0.2) is 25.5 Å². The number of nitrogens with one attached hydrogen (secondary N) is 1. The summed E-state index contributed by atoms with van der Waals surface area (Å²) in [4.78, 5) is 12.1. The van der Waals surface area contributed by atoms with Crippen LogP contribution >= 0.6 is 0 Å². The lowest BCUT2D eigenvalue weighted by Crippen LogP contribution is -2.21. The Morgan fingerprint density at radius 2 is 1.89 bits per heavy atom. The Morgan fingerprint density at radius 3 is 2.57 bits per heavy atom. The number of amides is 1. The van der Waals surface area contributed by atoms with E-state index in [0.29, 0.717) is 17.3 Å². The van der Waals surface area contributed by atoms with Crippen molar-refractivity contribution < 1.29 is 22.4 Å². The number of halogens is 4. The fourth-order valence-corrected chi connectivity index (χ4v) is 2.69. The van der Waals surface area contributed by atoms with Gasteiger partial charge in [0.15, 0.2) is 5.82 Å². The fraction of sp³-hybridized carbons (Fsp3) is 0.278. The van der Waals surface area contributed by atoms with Gasteiger partial charge in [-0.3, -0.25) is 14.2 Å². The topological polar surface area (TPSA) is 64.7 Å². The number of rotatable bonds is 7. The van der Waals surface area contributed by atoms with Crippen molar-refractivity contribution in [2.45, 2.75) is 32.9 Å². The monoisotopic (exact) mass is 395 g/mol. The summed E-state index contributed by atoms with van der Waals surface area (Å²) < 4.78 is 53.5. The number of carbonyl (C=O) groups is 1. The molecule has 0 aliphatic heterocycles. The highest BCUT2D eigenvalue weighted by molar-refractivity contribution is 5.89. The number of hydrogen-bond donors (Lipinski definition) is 1. The Balaban J connectivity index is 1.65. The van der Waals surface area contributed by atoms with E-state index in [2.05, 4.69) is 15.5 Å². The highest BCUT2D eigenvalue weighted by atomic mass is 19.3. The van der Waals surface area contributed by atoms with Crippen molar-refractivity contribution >= 4 is 11.7 Å². The molecule has 148 valence electrons. The average molecular weight is 395 g/mol. The van der Waals surface area contributed by atoms with Gasteiger partial charge in [0.1, 0.15) is 17.9 Å². The minimum absolute atomic E-state index is 0.220. The molecule has 10 heteroatoms. The number of aryl methyl sites for hydroxylation is 1. The van der Waals surface area contributed by atoms with Gasteiger partial charge in [-0.1, -0.05) is 29.8 Å². The van der Waals surface area contributed by atoms with Crippen LogP contribution in [0.2, 0.25) is 0 Å². The van der Waals surface area contributed by atoms with Gasteiger partial charge in [-0.25, -0.2) is 17.6 Å². The maximum Gasteiger partial charge on any atom is 0.282 e. The van der Waals surface area contributed by atoms with Gasteiger partial charge in [0.05, 0.1) is 6.54 Å². The third-order valence-electron chi connectivity index (χ3n) is 3.91. The van der Waals surface area contributed by atoms with E-state index in [1.165, 1.54) is 0 Å². The smallest absolute Gasteiger partial charge is 0.282 e. The first kappa shape index (κ1) is 19.6. The number of anilines is 1. The first-order valence-electron chi connectivity index (χ1n) is 8.34. The molecule has 0 radical (unpaired) electrons. The predicted octanol–water partition coefficient (Wildman–Crippen LogP) is 3.95. The number of nitrogens with zero attached hydrogens (tertiary/aromatic N) is 4. The number of aromatic nitrogens is 4. The summed E-state index contributed by atoms with van der Waals surface area (Å²) >= 11 is 0. The molecule has 1 amide bonds. The Bertz CT molecular complexity index is 967. The fourth-order valence-electron chi connectivity index (χ4n) is 2.69. The molecule has 0 saturated carbocycles. The Labute approximate surface area is 157 Å². The van der Waals surface area contributed by atoms with Crippen LogP contribution in [0.1, 0.15) is 35.4 Å². The Morgan fingerprint density at radius 1 is 1.11 bits per heavy atom. The van der Waals surface area contributed by atoms with Crippen LogP contribution in [-0.2, 0) is 17.9 Å². The third kappa shape index (κ3) is 4.76. The molecular formula is C18H17F4N5O. The molecule has 0 unspecified atom stereocenters. The van der Waals surface area contributed by atoms with Crippen molar-refractivity contribution in [2.75, 3.05) is 5.32 Å². The minimum atomic E-state index is -3.03. The van der Waals surface area contributed by atoms with Gasteiger partial charge in [-0.2, -0.15) is 10.2 Å². The molecule has 0 fully saturated rings. The zero-order valence-corrected chi connectivity index (χ0v) is 14.8. The van der Waals surface area contributed by atoms with Crippen LogP contribution in [0.3, 0.4) is 0 Å². The molecule has 1 N–H and O–H groups in total. The van der Waals surface area contributed by atoms with E-state index in [9.17, 15) is 22.4 Å². The minimum Gasteiger partial charge on any atom is -0.308 e. The second-order valence-corrected chi connectivity index (χ2v) is 6.19. The lowest BCUT2D eigenvalue weighted by Gasteiger charge is -2.07. The lowest BCUT2D eigenvalue weighted by molar-refractivity contribution is -0.117. The molecule has 0 aliphatic carbocycles. The number of hydrogen-bond acceptors (Lipinski definition) is 3. The van der Waals surface area contributed by atoms with E-state index >= 15 is 0 Å². The summed E-state index contributed by atoms with van der Waals surface area (Å²) in [5.41, 5.74) is 0.593. The molecule has 6 nitrogen and oxygen atoms in total. The molecule has 0 saturated heterocycles. The molecular weight excluding hydrogens is 378 g/mol. The van der Waals surface area contributed by atoms with Gasteiger partial charge in [0.2, 0.25) is 5.91 Å². The highest BCUT2D eigenvalue weighted by Gasteiger charge is 2.22. The van der Waals surface area contributed by atoms with Crippen LogP contribution < -0.4 is 5.32 Å². The van der Waals surface area contributed by atoms with E-state index < -0.39 is 36.7 Å². The quantitative estimate of drug-likeness (QED) is 0.616. The largest absolute Gasteiger partial charge is 0.308 e. The van der Waals surface area contributed by atoms with E-state index in [0.717, 1.165) is 11.1 Å². The van der Waals surface area contributed by atoms with Gasteiger partial charge in [-0.15, -0.1) is 0 Å². The second-order valence-electron chi connectivity index (χ2n) is 6.19. The van der Waals surface area contributed by atoms with Crippen molar-refractivity contribution in [1.29, 1.82) is 0 Å². The van der Waals surface area contributed by atoms with Crippen LogP contribution in [0.15, 0.2) is 42.6 Å². The molecule has 0 bridgehead atoms. The zero-order valence-electron chi connectivity index (χ0n) is 14.8. The molecule has 0 aliphatic rings. The number of alkyl halides is 4. The van der Waals surface area contributed by atoms with Gasteiger partial charge in [0, 0.05) is 12.3 Å². The lowest BCUT2D eigenvalue weighted by atomic mass is 10.1. The summed E-state index contributed by atoms with van der Waals surface area (Å²) in [7, 11) is 0. The van der Waals surface area contributed by atoms with Crippen molar-refractivity contribution in [2.24, 2.45) is 0 Å². The van der Waals surface area contributed by atoms with Crippen molar-refractivity contribution in [1.82, 2.24) is 19.6 Å². The van der Waals surface area contributed by atoms with Crippen LogP contribution in [0, 0.1) is 6.92 Å². The maximum absolute atomic E-state index is 13.0. The molecule has 0 atom stereocenters. The average Bonchev–Trinajstić information content (AvgIpc) is 3.22. The van der Waals surface area contributed by atoms with Crippen molar-refractivity contribution in [3.8, 4) is 0 Å². The first-order chi connectivity index (χ1) is 13.3. The standard InChI is InChI=1S/C18H17F4N5O/c1-11-3-2-4-12(7-11)9-26-6-5-15(25-26)23-16(28)10-27-14(18(21)22)8-13(24-27)17(19)20/h2-8,17-18H,9-10H2,1H3,(H,23,25,28). The van der Waals surface area contributed by atoms with E-state index in [1.54, 1.807) is 16.9 Å². The van der Waals surface area contributed by atoms with Crippen LogP contribution in [0.5, 0.6) is 0 Å². The molecule has 3 rings (SSSR count). The van der Waals surface area contributed by atoms with Crippen molar-refractivity contribution in [3.63, 3.8) is 0 Å². The van der Waals surface area contributed by atoms with Gasteiger partial charge < -0.3 is 5.32 Å². The first-order valence-corrected chi connectivity index (χ1v) is 8.34. The summed E-state index contributed by atoms with van der Waals surface area (Å²) in [5.74, 6) is -0.482. The third-order valence-corrected chi connectivity index (χ3v) is 3.91. The summed E-state index contributed by atoms with van der Waals surface area (Å²) in [6.45, 7) is 1.84. The molecule has 3 aromatic rings. The van der Waals surface area contributed by atoms with Crippen LogP contribution in [0.25, 0.3) is 0 Å². The number of carbonyl (C=O) groups excluding carboxylic acids is 1. The maximum atomic E-state index is 13.0. The molecule has 0 spiro atoms. The SMILES string of the molecule is Cc1cccc(Cn2ccc(NC(=O)Cn3nc(C(F)F)cc3C(F)F)n2)c1. The van der Waals surface area contributed by atoms with Gasteiger partial charge >= 0.3 is 0 Å². The zero-order chi connectivity index (χ0) is 20.3. The highest BCUT2D eigenvalue weighted by Crippen LogP contribution is 2.25. The van der Waals surface area contributed by atoms with Crippen molar-refractivity contribution in [3.05, 3.63) is 65.1 Å². The van der Waals surface area contributed by atoms with Gasteiger partial charge in [0.25, 0.3) is 12.9 Å². The molecule has 2 aromatic heterocycles. The Hall–Kier alpha value is -3.17. The van der Waals surface area contributed by atoms with E-state index in [-0.39, 0.29) is 5.82 Å². The summed E-state index contributed by atoms with van der Waals surface area (Å²) in [5, 5.41) is 10.0.